The molecule has 0 amide bonds. The maximum atomic E-state index is 14.5. The van der Waals surface area contributed by atoms with Crippen LogP contribution in [0.5, 0.6) is 23.0 Å². The summed E-state index contributed by atoms with van der Waals surface area (Å²) < 4.78 is 17.2. The number of phenolic OH excluding ortho intramolecular Hbond substituents is 1. The number of phenols is 1. The largest absolute Gasteiger partial charge is 0.504 e. The van der Waals surface area contributed by atoms with Crippen LogP contribution < -0.4 is 35.7 Å². The number of fused-ring (bicyclic) bond motifs is 1. The number of anilines is 2. The summed E-state index contributed by atoms with van der Waals surface area (Å²) in [4.78, 5) is 90.8. The van der Waals surface area contributed by atoms with E-state index in [1.165, 1.54) is 34.3 Å². The molecule has 17 nitrogen and oxygen atoms in total. The Balaban J connectivity index is 2.01. The lowest BCUT2D eigenvalue weighted by molar-refractivity contribution is -0.141. The molecule has 0 bridgehead atoms. The van der Waals surface area contributed by atoms with Gasteiger partial charge in [0.2, 0.25) is 0 Å². The number of carboxylic acids is 4. The quantitative estimate of drug-likeness (QED) is 0.0547. The summed E-state index contributed by atoms with van der Waals surface area (Å²) in [6.07, 6.45) is -0.710. The zero-order valence-electron chi connectivity index (χ0n) is 30.6. The molecule has 3 atom stereocenters. The first-order valence-electron chi connectivity index (χ1n) is 17.2. The molecule has 1 aliphatic rings. The topological polar surface area (TPSA) is 272 Å². The van der Waals surface area contributed by atoms with Crippen molar-refractivity contribution in [1.82, 2.24) is 0 Å². The van der Waals surface area contributed by atoms with Gasteiger partial charge in [0.25, 0.3) is 0 Å². The van der Waals surface area contributed by atoms with Crippen molar-refractivity contribution in [1.29, 1.82) is 0 Å². The predicted octanol–water partition coefficient (Wildman–Crippen LogP) is 4.18. The molecular formula is C39H36N2O15. The Morgan fingerprint density at radius 2 is 1.16 bits per heavy atom. The van der Waals surface area contributed by atoms with Gasteiger partial charge in [0.15, 0.2) is 22.4 Å². The third kappa shape index (κ3) is 6.00. The van der Waals surface area contributed by atoms with Gasteiger partial charge in [-0.05, 0) is 32.1 Å². The van der Waals surface area contributed by atoms with Crippen LogP contribution in [0.15, 0.2) is 27.3 Å². The highest BCUT2D eigenvalue weighted by Crippen LogP contribution is 2.58. The van der Waals surface area contributed by atoms with Gasteiger partial charge in [0, 0.05) is 63.0 Å². The molecule has 3 unspecified atom stereocenters. The summed E-state index contributed by atoms with van der Waals surface area (Å²) in [5.41, 5.74) is -1.46. The van der Waals surface area contributed by atoms with E-state index in [1.54, 1.807) is 6.92 Å². The monoisotopic (exact) mass is 772 g/mol. The minimum absolute atomic E-state index is 0.0192. The number of rotatable bonds is 16. The lowest BCUT2D eigenvalue weighted by atomic mass is 9.80. The molecule has 7 N–H and O–H groups in total. The molecule has 1 aliphatic carbocycles. The normalized spacial score (nSPS) is 14.7. The maximum Gasteiger partial charge on any atom is 0.326 e. The van der Waals surface area contributed by atoms with Crippen molar-refractivity contribution in [2.75, 3.05) is 32.0 Å². The second kappa shape index (κ2) is 14.4. The third-order valence-electron chi connectivity index (χ3n) is 10.2. The average molecular weight is 773 g/mol. The lowest BCUT2D eigenvalue weighted by Gasteiger charge is -2.28. The molecule has 17 heteroatoms. The first-order chi connectivity index (χ1) is 26.5. The number of Topliss-reactive ketones (excluding diaryl/α,β-unsaturated/α-hetero) is 1. The smallest absolute Gasteiger partial charge is 0.326 e. The van der Waals surface area contributed by atoms with E-state index >= 15 is 0 Å². The molecule has 0 radical (unpaired) electrons. The fraction of sp³-hybridized carbons (Fsp3) is 0.308. The van der Waals surface area contributed by atoms with Crippen molar-refractivity contribution in [3.63, 3.8) is 0 Å². The minimum Gasteiger partial charge on any atom is -0.504 e. The van der Waals surface area contributed by atoms with Crippen molar-refractivity contribution in [3.8, 4) is 23.0 Å². The number of ether oxygens (including phenoxy) is 3. The number of benzene rings is 5. The summed E-state index contributed by atoms with van der Waals surface area (Å²) in [7, 11) is 3.80. The molecule has 56 heavy (non-hydrogen) atoms. The number of methoxy groups -OCH3 is 3. The highest BCUT2D eigenvalue weighted by Gasteiger charge is 2.38. The predicted molar refractivity (Wildman–Crippen MR) is 204 cm³/mol. The van der Waals surface area contributed by atoms with Crippen LogP contribution in [-0.2, 0) is 24.0 Å². The molecule has 5 aromatic rings. The lowest BCUT2D eigenvalue weighted by Crippen LogP contribution is -2.33. The number of allylic oxidation sites excluding steroid dienone is 1. The zero-order chi connectivity index (χ0) is 41.1. The fourth-order valence-electron chi connectivity index (χ4n) is 7.98. The number of aromatic hydroxyl groups is 1. The van der Waals surface area contributed by atoms with Gasteiger partial charge >= 0.3 is 23.9 Å². The van der Waals surface area contributed by atoms with Gasteiger partial charge in [0.1, 0.15) is 29.4 Å². The van der Waals surface area contributed by atoms with E-state index in [1.807, 2.05) is 0 Å². The first-order valence-corrected chi connectivity index (χ1v) is 17.2. The highest BCUT2D eigenvalue weighted by atomic mass is 16.5. The van der Waals surface area contributed by atoms with Crippen LogP contribution in [0.25, 0.3) is 49.2 Å². The third-order valence-corrected chi connectivity index (χ3v) is 10.2. The number of carbonyl (C=O) groups excluding carboxylic acids is 1. The van der Waals surface area contributed by atoms with Crippen molar-refractivity contribution in [3.05, 3.63) is 49.3 Å². The Morgan fingerprint density at radius 1 is 0.679 bits per heavy atom. The summed E-state index contributed by atoms with van der Waals surface area (Å²) in [5.74, 6) is -8.15. The molecule has 0 heterocycles. The van der Waals surface area contributed by atoms with Crippen LogP contribution in [-0.4, -0.2) is 88.6 Å². The van der Waals surface area contributed by atoms with E-state index < -0.39 is 90.0 Å². The molecule has 5 aromatic carbocycles. The summed E-state index contributed by atoms with van der Waals surface area (Å²) in [6.45, 7) is 2.87. The van der Waals surface area contributed by atoms with Gasteiger partial charge in [-0.1, -0.05) is 11.6 Å². The van der Waals surface area contributed by atoms with Crippen LogP contribution >= 0.6 is 0 Å². The molecule has 0 spiro atoms. The summed E-state index contributed by atoms with van der Waals surface area (Å²) in [6, 6.07) is -1.13. The molecule has 292 valence electrons. The molecule has 0 aromatic heterocycles. The van der Waals surface area contributed by atoms with E-state index in [0.717, 1.165) is 12.1 Å². The molecular weight excluding hydrogens is 736 g/mol. The van der Waals surface area contributed by atoms with E-state index in [0.29, 0.717) is 5.57 Å². The van der Waals surface area contributed by atoms with Gasteiger partial charge in [-0.25, -0.2) is 9.59 Å². The van der Waals surface area contributed by atoms with Crippen molar-refractivity contribution < 1.29 is 63.7 Å². The van der Waals surface area contributed by atoms with Gasteiger partial charge in [-0.15, -0.1) is 0 Å². The Labute approximate surface area is 315 Å². The standard InChI is InChI=1S/C39H36N2O15/c1-13-10-15-25-30-26(35(41-17(39(52)53)7-9-23(47)48)34(15)40-16(38(50)51)6-8-22(45)46)18(43)11-20(54-3)28(30)29-21(55-4)12-19(44)27-32(29)31(25)33(24(13)14(2)42)37(56-5)36(27)49/h10-12,16-17,24,40-41,49H,6-9H2,1-5H3,(H,45,46)(H,47,48)(H,50,51)(H,52,53). The Kier molecular flexibility index (Phi) is 9.97. The second-order valence-corrected chi connectivity index (χ2v) is 13.5. The fourth-order valence-corrected chi connectivity index (χ4v) is 7.98. The zero-order valence-corrected chi connectivity index (χ0v) is 30.6. The van der Waals surface area contributed by atoms with Gasteiger partial charge in [-0.3, -0.25) is 24.0 Å². The van der Waals surface area contributed by atoms with Crippen LogP contribution in [0.3, 0.4) is 0 Å². The SMILES string of the molecule is COc1c(O)c2c(=O)cc(OC)c3c4c(OC)cc(=O)c5c(NC(CCC(=O)O)C(=O)O)c(NC(CCC(=O)O)C(=O)O)c6c(c(c1C(C(C)=O)C(C)=C6)c23)c54. The van der Waals surface area contributed by atoms with Crippen molar-refractivity contribution in [2.45, 2.75) is 57.5 Å². The number of ketones is 1. The molecule has 0 fully saturated rings. The number of carboxylic acid groups (broad SMARTS) is 4. The number of nitrogens with one attached hydrogen (secondary N) is 2. The number of hydrogen-bond acceptors (Lipinski definition) is 13. The number of hydrogen-bond donors (Lipinski definition) is 7. The Bertz CT molecular complexity index is 2690. The molecule has 0 aliphatic heterocycles. The first kappa shape index (κ1) is 38.8. The van der Waals surface area contributed by atoms with E-state index in [4.69, 9.17) is 14.2 Å². The van der Waals surface area contributed by atoms with Crippen molar-refractivity contribution in [2.24, 2.45) is 0 Å². The summed E-state index contributed by atoms with van der Waals surface area (Å²) in [5, 5.41) is 57.3. The Morgan fingerprint density at radius 3 is 1.61 bits per heavy atom. The van der Waals surface area contributed by atoms with E-state index in [2.05, 4.69) is 10.6 Å². The average Bonchev–Trinajstić information content (AvgIpc) is 3.25. The second-order valence-electron chi connectivity index (χ2n) is 13.5. The molecule has 0 saturated carbocycles. The van der Waals surface area contributed by atoms with Gasteiger partial charge < -0.3 is 50.4 Å². The van der Waals surface area contributed by atoms with Crippen LogP contribution in [0.1, 0.15) is 56.6 Å². The Hall–Kier alpha value is -6.91. The van der Waals surface area contributed by atoms with Crippen LogP contribution in [0.4, 0.5) is 11.4 Å². The van der Waals surface area contributed by atoms with Crippen LogP contribution in [0, 0.1) is 0 Å². The summed E-state index contributed by atoms with van der Waals surface area (Å²) >= 11 is 0. The van der Waals surface area contributed by atoms with Gasteiger partial charge in [-0.2, -0.15) is 0 Å². The highest BCUT2D eigenvalue weighted by molar-refractivity contribution is 6.41. The maximum absolute atomic E-state index is 14.5. The number of aliphatic carboxylic acids is 4. The van der Waals surface area contributed by atoms with E-state index in [-0.39, 0.29) is 82.8 Å². The van der Waals surface area contributed by atoms with E-state index in [9.17, 15) is 59.1 Å². The van der Waals surface area contributed by atoms with Crippen molar-refractivity contribution >= 4 is 90.2 Å². The molecule has 6 rings (SSSR count). The van der Waals surface area contributed by atoms with Gasteiger partial charge in [0.05, 0.1) is 49.4 Å². The minimum atomic E-state index is -1.68. The van der Waals surface area contributed by atoms with Crippen LogP contribution in [0.2, 0.25) is 0 Å². The number of carbonyl (C=O) groups is 5. The molecule has 0 saturated heterocycles.